The zero-order valence-corrected chi connectivity index (χ0v) is 7.15. The fraction of sp³-hybridized carbons (Fsp3) is 0.125. The van der Waals surface area contributed by atoms with Crippen molar-refractivity contribution in [2.75, 3.05) is 5.32 Å². The number of hydrogen-bond donors (Lipinski definition) is 1. The molecule has 1 aromatic carbocycles. The molecule has 0 aliphatic carbocycles. The third kappa shape index (κ3) is 2.20. The van der Waals surface area contributed by atoms with Gasteiger partial charge >= 0.3 is 5.37 Å². The Bertz CT molecular complexity index is 314. The molecular formula is C8H7ClFNO. The van der Waals surface area contributed by atoms with Gasteiger partial charge in [0.1, 0.15) is 5.82 Å². The molecule has 2 nitrogen and oxygen atoms in total. The quantitative estimate of drug-likeness (QED) is 0.532. The van der Waals surface area contributed by atoms with Crippen molar-refractivity contribution < 1.29 is 9.18 Å². The van der Waals surface area contributed by atoms with Gasteiger partial charge in [-0.3, -0.25) is 4.79 Å². The third-order valence-electron chi connectivity index (χ3n) is 1.40. The normalized spacial score (nSPS) is 9.58. The summed E-state index contributed by atoms with van der Waals surface area (Å²) in [7, 11) is 0. The first-order chi connectivity index (χ1) is 5.59. The van der Waals surface area contributed by atoms with Crippen molar-refractivity contribution in [1.82, 2.24) is 0 Å². The van der Waals surface area contributed by atoms with Crippen molar-refractivity contribution in [3.8, 4) is 0 Å². The Kier molecular flexibility index (Phi) is 2.65. The first-order valence-corrected chi connectivity index (χ1v) is 3.70. The highest BCUT2D eigenvalue weighted by molar-refractivity contribution is 6.65. The molecule has 0 saturated carbocycles. The maximum Gasteiger partial charge on any atom is 0.318 e. The molecule has 0 bridgehead atoms. The molecule has 64 valence electrons. The van der Waals surface area contributed by atoms with Crippen molar-refractivity contribution in [3.63, 3.8) is 0 Å². The number of amides is 1. The molecule has 0 aliphatic rings. The van der Waals surface area contributed by atoms with Gasteiger partial charge in [-0.2, -0.15) is 0 Å². The zero-order valence-electron chi connectivity index (χ0n) is 6.40. The SMILES string of the molecule is Cc1cc(NC(=O)Cl)ccc1F. The number of rotatable bonds is 1. The molecule has 12 heavy (non-hydrogen) atoms. The molecule has 1 N–H and O–H groups in total. The van der Waals surface area contributed by atoms with Crippen LogP contribution in [0.4, 0.5) is 14.9 Å². The number of carbonyl (C=O) groups is 1. The minimum Gasteiger partial charge on any atom is -0.312 e. The van der Waals surface area contributed by atoms with E-state index < -0.39 is 5.37 Å². The van der Waals surface area contributed by atoms with Crippen molar-refractivity contribution in [2.24, 2.45) is 0 Å². The lowest BCUT2D eigenvalue weighted by molar-refractivity contribution is 0.269. The van der Waals surface area contributed by atoms with E-state index in [-0.39, 0.29) is 5.82 Å². The van der Waals surface area contributed by atoms with Gasteiger partial charge in [0.05, 0.1) is 0 Å². The number of anilines is 1. The van der Waals surface area contributed by atoms with Gasteiger partial charge in [-0.1, -0.05) is 0 Å². The van der Waals surface area contributed by atoms with Crippen molar-refractivity contribution in [1.29, 1.82) is 0 Å². The van der Waals surface area contributed by atoms with E-state index in [2.05, 4.69) is 5.32 Å². The van der Waals surface area contributed by atoms with Crippen LogP contribution in [0.5, 0.6) is 0 Å². The van der Waals surface area contributed by atoms with Gasteiger partial charge in [0.2, 0.25) is 0 Å². The molecule has 0 aromatic heterocycles. The Morgan fingerprint density at radius 1 is 1.58 bits per heavy atom. The predicted octanol–water partition coefficient (Wildman–Crippen LogP) is 2.90. The number of halogens is 2. The summed E-state index contributed by atoms with van der Waals surface area (Å²) in [6.07, 6.45) is 0. The van der Waals surface area contributed by atoms with Crippen molar-refractivity contribution >= 4 is 22.7 Å². The van der Waals surface area contributed by atoms with Crippen molar-refractivity contribution in [2.45, 2.75) is 6.92 Å². The average Bonchev–Trinajstić information content (AvgIpc) is 1.96. The Balaban J connectivity index is 2.89. The molecule has 1 amide bonds. The summed E-state index contributed by atoms with van der Waals surface area (Å²) in [5.41, 5.74) is 0.965. The van der Waals surface area contributed by atoms with Gasteiger partial charge < -0.3 is 5.32 Å². The van der Waals surface area contributed by atoms with Gasteiger partial charge in [0.15, 0.2) is 0 Å². The summed E-state index contributed by atoms with van der Waals surface area (Å²) in [5.74, 6) is -0.303. The monoisotopic (exact) mass is 187 g/mol. The molecule has 4 heteroatoms. The van der Waals surface area contributed by atoms with Crippen LogP contribution >= 0.6 is 11.6 Å². The lowest BCUT2D eigenvalue weighted by atomic mass is 10.2. The number of hydrogen-bond acceptors (Lipinski definition) is 1. The van der Waals surface area contributed by atoms with E-state index in [9.17, 15) is 9.18 Å². The molecule has 1 aromatic rings. The second kappa shape index (κ2) is 3.54. The molecule has 0 radical (unpaired) electrons. The Morgan fingerprint density at radius 3 is 2.75 bits per heavy atom. The molecule has 0 fully saturated rings. The van der Waals surface area contributed by atoms with Gasteiger partial charge in [0, 0.05) is 5.69 Å². The minimum atomic E-state index is -0.680. The summed E-state index contributed by atoms with van der Waals surface area (Å²) in [6, 6.07) is 4.23. The van der Waals surface area contributed by atoms with Gasteiger partial charge in [-0.25, -0.2) is 4.39 Å². The zero-order chi connectivity index (χ0) is 9.14. The predicted molar refractivity (Wildman–Crippen MR) is 46.0 cm³/mol. The fourth-order valence-corrected chi connectivity index (χ4v) is 0.945. The Labute approximate surface area is 74.3 Å². The highest BCUT2D eigenvalue weighted by Crippen LogP contribution is 2.13. The van der Waals surface area contributed by atoms with Gasteiger partial charge in [-0.15, -0.1) is 0 Å². The standard InChI is InChI=1S/C8H7ClFNO/c1-5-4-6(11-8(9)12)2-3-7(5)10/h2-4H,1H3,(H,11,12). The smallest absolute Gasteiger partial charge is 0.312 e. The highest BCUT2D eigenvalue weighted by atomic mass is 35.5. The van der Waals surface area contributed by atoms with Crippen LogP contribution in [0.25, 0.3) is 0 Å². The second-order valence-corrected chi connectivity index (χ2v) is 2.71. The fourth-order valence-electron chi connectivity index (χ4n) is 0.836. The molecule has 0 spiro atoms. The number of aryl methyl sites for hydroxylation is 1. The number of carbonyl (C=O) groups excluding carboxylic acids is 1. The lowest BCUT2D eigenvalue weighted by Gasteiger charge is -2.01. The maximum absolute atomic E-state index is 12.7. The molecule has 0 aliphatic heterocycles. The van der Waals surface area contributed by atoms with Gasteiger partial charge in [0.25, 0.3) is 0 Å². The Hall–Kier alpha value is -1.09. The average molecular weight is 188 g/mol. The minimum absolute atomic E-state index is 0.303. The van der Waals surface area contributed by atoms with E-state index >= 15 is 0 Å². The van der Waals surface area contributed by atoms with Crippen LogP contribution in [-0.2, 0) is 0 Å². The molecule has 0 unspecified atom stereocenters. The summed E-state index contributed by atoms with van der Waals surface area (Å²) < 4.78 is 12.7. The largest absolute Gasteiger partial charge is 0.318 e. The van der Waals surface area contributed by atoms with E-state index in [0.29, 0.717) is 11.3 Å². The van der Waals surface area contributed by atoms with E-state index in [0.717, 1.165) is 0 Å². The molecule has 1 rings (SSSR count). The molecular weight excluding hydrogens is 181 g/mol. The van der Waals surface area contributed by atoms with Crippen LogP contribution < -0.4 is 5.32 Å². The van der Waals surface area contributed by atoms with Crippen molar-refractivity contribution in [3.05, 3.63) is 29.6 Å². The van der Waals surface area contributed by atoms with Gasteiger partial charge in [-0.05, 0) is 42.3 Å². The molecule has 0 saturated heterocycles. The highest BCUT2D eigenvalue weighted by Gasteiger charge is 2.00. The summed E-state index contributed by atoms with van der Waals surface area (Å²) in [6.45, 7) is 1.61. The van der Waals surface area contributed by atoms with E-state index in [4.69, 9.17) is 11.6 Å². The van der Waals surface area contributed by atoms with E-state index in [1.807, 2.05) is 0 Å². The molecule has 0 atom stereocenters. The number of benzene rings is 1. The van der Waals surface area contributed by atoms with E-state index in [1.165, 1.54) is 18.2 Å². The maximum atomic E-state index is 12.7. The first kappa shape index (κ1) is 9.00. The van der Waals surface area contributed by atoms with Crippen LogP contribution in [0, 0.1) is 12.7 Å². The van der Waals surface area contributed by atoms with Crippen LogP contribution in [0.2, 0.25) is 0 Å². The Morgan fingerprint density at radius 2 is 2.25 bits per heavy atom. The van der Waals surface area contributed by atoms with Crippen LogP contribution in [0.3, 0.4) is 0 Å². The lowest BCUT2D eigenvalue weighted by Crippen LogP contribution is -2.01. The second-order valence-electron chi connectivity index (χ2n) is 2.36. The third-order valence-corrected chi connectivity index (χ3v) is 1.50. The summed E-state index contributed by atoms with van der Waals surface area (Å²) in [5, 5.41) is 1.65. The van der Waals surface area contributed by atoms with E-state index in [1.54, 1.807) is 6.92 Å². The number of nitrogens with one attached hydrogen (secondary N) is 1. The summed E-state index contributed by atoms with van der Waals surface area (Å²) in [4.78, 5) is 10.4. The topological polar surface area (TPSA) is 29.1 Å². The van der Waals surface area contributed by atoms with Crippen LogP contribution in [0.15, 0.2) is 18.2 Å². The van der Waals surface area contributed by atoms with Crippen LogP contribution in [0.1, 0.15) is 5.56 Å². The molecule has 0 heterocycles. The van der Waals surface area contributed by atoms with Crippen LogP contribution in [-0.4, -0.2) is 5.37 Å². The first-order valence-electron chi connectivity index (χ1n) is 3.32. The summed E-state index contributed by atoms with van der Waals surface area (Å²) >= 11 is 5.06.